The summed E-state index contributed by atoms with van der Waals surface area (Å²) in [6, 6.07) is 10.5. The molecule has 1 aromatic rings. The number of aryl methyl sites for hydroxylation is 1. The molecule has 0 aliphatic carbocycles. The zero-order valence-corrected chi connectivity index (χ0v) is 8.58. The van der Waals surface area contributed by atoms with Gasteiger partial charge in [-0.3, -0.25) is 0 Å². The predicted molar refractivity (Wildman–Crippen MR) is 52.8 cm³/mol. The number of aliphatic imine (C=N–C) groups is 1. The summed E-state index contributed by atoms with van der Waals surface area (Å²) in [5, 5.41) is 0. The number of rotatable bonds is 4. The fourth-order valence-electron chi connectivity index (χ4n) is 1.05. The molecule has 1 rings (SSSR count). The summed E-state index contributed by atoms with van der Waals surface area (Å²) < 4.78 is 2.65. The monoisotopic (exact) mass is 225 g/mol. The zero-order valence-electron chi connectivity index (χ0n) is 6.86. The van der Waals surface area contributed by atoms with Crippen LogP contribution in [0.5, 0.6) is 0 Å². The average molecular weight is 224 g/mol. The van der Waals surface area contributed by atoms with Gasteiger partial charge in [0.05, 0.1) is 0 Å². The van der Waals surface area contributed by atoms with Crippen molar-refractivity contribution in [2.24, 2.45) is 4.99 Å². The third-order valence-corrected chi connectivity index (χ3v) is 1.91. The standard InChI is InChI=1S/C10H11NSe/c12-9-11-8-4-7-10-5-2-1-3-6-10/h1-3,5-6H,4,7-8H2. The van der Waals surface area contributed by atoms with Crippen molar-refractivity contribution in [1.29, 1.82) is 0 Å². The van der Waals surface area contributed by atoms with Crippen molar-refractivity contribution in [1.82, 2.24) is 0 Å². The Bertz CT molecular complexity index is 262. The van der Waals surface area contributed by atoms with Gasteiger partial charge in [-0.05, 0) is 0 Å². The Morgan fingerprint density at radius 1 is 1.25 bits per heavy atom. The molecular weight excluding hydrogens is 213 g/mol. The molecule has 0 bridgehead atoms. The molecule has 12 heavy (non-hydrogen) atoms. The van der Waals surface area contributed by atoms with Crippen LogP contribution in [0.4, 0.5) is 0 Å². The molecule has 0 atom stereocenters. The van der Waals surface area contributed by atoms with E-state index in [1.807, 2.05) is 6.07 Å². The van der Waals surface area contributed by atoms with Crippen molar-refractivity contribution in [3.05, 3.63) is 35.9 Å². The molecule has 1 aromatic carbocycles. The first kappa shape index (κ1) is 9.41. The van der Waals surface area contributed by atoms with E-state index in [9.17, 15) is 0 Å². The summed E-state index contributed by atoms with van der Waals surface area (Å²) >= 11 is 2.62. The first-order chi connectivity index (χ1) is 5.93. The maximum atomic E-state index is 3.98. The molecule has 0 saturated carbocycles. The van der Waals surface area contributed by atoms with E-state index in [2.05, 4.69) is 49.5 Å². The van der Waals surface area contributed by atoms with Gasteiger partial charge in [0.2, 0.25) is 0 Å². The molecular formula is C10H11NSe. The molecule has 0 fully saturated rings. The van der Waals surface area contributed by atoms with Gasteiger partial charge in [0, 0.05) is 0 Å². The summed E-state index contributed by atoms with van der Waals surface area (Å²) in [4.78, 5) is 3.98. The fraction of sp³-hybridized carbons (Fsp3) is 0.300. The van der Waals surface area contributed by atoms with E-state index in [-0.39, 0.29) is 0 Å². The summed E-state index contributed by atoms with van der Waals surface area (Å²) in [6.45, 7) is 0.863. The number of hydrogen-bond donors (Lipinski definition) is 0. The minimum atomic E-state index is 0.863. The SMILES string of the molecule is [Se]=C=NCCCc1ccccc1. The van der Waals surface area contributed by atoms with E-state index < -0.39 is 0 Å². The molecule has 0 saturated heterocycles. The van der Waals surface area contributed by atoms with Gasteiger partial charge in [0.25, 0.3) is 0 Å². The minimum absolute atomic E-state index is 0.863. The molecule has 0 amide bonds. The Kier molecular flexibility index (Phi) is 4.63. The quantitative estimate of drug-likeness (QED) is 0.419. The number of nitrogens with zero attached hydrogens (tertiary/aromatic N) is 1. The van der Waals surface area contributed by atoms with Crippen molar-refractivity contribution >= 4 is 20.3 Å². The molecule has 0 heterocycles. The van der Waals surface area contributed by atoms with Gasteiger partial charge in [0.15, 0.2) is 0 Å². The van der Waals surface area contributed by atoms with Crippen LogP contribution in [0.15, 0.2) is 35.3 Å². The van der Waals surface area contributed by atoms with Crippen LogP contribution in [0.3, 0.4) is 0 Å². The molecule has 0 aliphatic heterocycles. The molecule has 0 spiro atoms. The molecule has 0 aliphatic rings. The van der Waals surface area contributed by atoms with Crippen molar-refractivity contribution < 1.29 is 0 Å². The summed E-state index contributed by atoms with van der Waals surface area (Å²) in [5.41, 5.74) is 1.38. The van der Waals surface area contributed by atoms with Gasteiger partial charge in [0.1, 0.15) is 0 Å². The number of benzene rings is 1. The predicted octanol–water partition coefficient (Wildman–Crippen LogP) is 1.69. The van der Waals surface area contributed by atoms with Crippen LogP contribution < -0.4 is 0 Å². The van der Waals surface area contributed by atoms with Gasteiger partial charge >= 0.3 is 80.6 Å². The second-order valence-electron chi connectivity index (χ2n) is 2.56. The Balaban J connectivity index is 2.29. The van der Waals surface area contributed by atoms with E-state index >= 15 is 0 Å². The Hall–Kier alpha value is -0.681. The van der Waals surface area contributed by atoms with Crippen LogP contribution in [-0.2, 0) is 6.42 Å². The van der Waals surface area contributed by atoms with Gasteiger partial charge in [-0.1, -0.05) is 0 Å². The summed E-state index contributed by atoms with van der Waals surface area (Å²) in [6.07, 6.45) is 2.20. The first-order valence-electron chi connectivity index (χ1n) is 4.01. The average Bonchev–Trinajstić information content (AvgIpc) is 2.14. The van der Waals surface area contributed by atoms with E-state index in [0.29, 0.717) is 0 Å². The maximum absolute atomic E-state index is 3.98. The zero-order chi connectivity index (χ0) is 8.65. The number of hydrogen-bond acceptors (Lipinski definition) is 1. The van der Waals surface area contributed by atoms with Crippen LogP contribution in [0.2, 0.25) is 0 Å². The van der Waals surface area contributed by atoms with Gasteiger partial charge in [-0.25, -0.2) is 0 Å². The van der Waals surface area contributed by atoms with E-state index in [1.54, 1.807) is 0 Å². The Labute approximate surface area is 80.9 Å². The van der Waals surface area contributed by atoms with Crippen molar-refractivity contribution in [3.63, 3.8) is 0 Å². The van der Waals surface area contributed by atoms with Gasteiger partial charge in [-0.2, -0.15) is 0 Å². The molecule has 1 nitrogen and oxygen atoms in total. The van der Waals surface area contributed by atoms with Crippen molar-refractivity contribution in [2.75, 3.05) is 6.54 Å². The van der Waals surface area contributed by atoms with E-state index in [0.717, 1.165) is 19.4 Å². The second-order valence-corrected chi connectivity index (χ2v) is 2.95. The first-order valence-corrected chi connectivity index (χ1v) is 4.86. The molecule has 0 unspecified atom stereocenters. The van der Waals surface area contributed by atoms with Crippen LogP contribution in [0, 0.1) is 0 Å². The molecule has 0 N–H and O–H groups in total. The Morgan fingerprint density at radius 2 is 2.00 bits per heavy atom. The third-order valence-electron chi connectivity index (χ3n) is 1.64. The van der Waals surface area contributed by atoms with Gasteiger partial charge < -0.3 is 0 Å². The Morgan fingerprint density at radius 3 is 2.67 bits per heavy atom. The molecule has 0 aromatic heterocycles. The van der Waals surface area contributed by atoms with Gasteiger partial charge in [-0.15, -0.1) is 0 Å². The topological polar surface area (TPSA) is 12.4 Å². The molecule has 62 valence electrons. The van der Waals surface area contributed by atoms with Crippen LogP contribution in [-0.4, -0.2) is 26.8 Å². The third kappa shape index (κ3) is 3.64. The van der Waals surface area contributed by atoms with Crippen LogP contribution in [0.25, 0.3) is 0 Å². The van der Waals surface area contributed by atoms with Crippen LogP contribution >= 0.6 is 0 Å². The van der Waals surface area contributed by atoms with Crippen molar-refractivity contribution in [3.8, 4) is 0 Å². The fourth-order valence-corrected chi connectivity index (χ4v) is 1.24. The van der Waals surface area contributed by atoms with E-state index in [1.165, 1.54) is 5.56 Å². The molecule has 0 radical (unpaired) electrons. The van der Waals surface area contributed by atoms with E-state index in [4.69, 9.17) is 0 Å². The summed E-state index contributed by atoms with van der Waals surface area (Å²) in [5.74, 6) is 0. The van der Waals surface area contributed by atoms with Crippen molar-refractivity contribution in [2.45, 2.75) is 12.8 Å². The summed E-state index contributed by atoms with van der Waals surface area (Å²) in [7, 11) is 0. The normalized spacial score (nSPS) is 9.00. The second kappa shape index (κ2) is 5.91. The van der Waals surface area contributed by atoms with Crippen LogP contribution in [0.1, 0.15) is 12.0 Å². The molecule has 2 heteroatoms.